The molecule has 0 aromatic heterocycles. The third-order valence-electron chi connectivity index (χ3n) is 1.89. The monoisotopic (exact) mass is 261 g/mol. The van der Waals surface area contributed by atoms with E-state index in [4.69, 9.17) is 0 Å². The molecule has 0 bridgehead atoms. The minimum absolute atomic E-state index is 0.00957. The molecular weight excluding hydrogens is 252 g/mol. The van der Waals surface area contributed by atoms with Gasteiger partial charge in [-0.2, -0.15) is 8.78 Å². The van der Waals surface area contributed by atoms with Crippen LogP contribution in [0, 0.1) is 10.1 Å². The first kappa shape index (κ1) is 13.8. The molecule has 18 heavy (non-hydrogen) atoms. The van der Waals surface area contributed by atoms with Gasteiger partial charge in [-0.25, -0.2) is 4.79 Å². The first-order chi connectivity index (χ1) is 8.45. The predicted molar refractivity (Wildman–Crippen MR) is 55.7 cm³/mol. The van der Waals surface area contributed by atoms with Crippen molar-refractivity contribution in [3.8, 4) is 5.75 Å². The molecule has 0 heterocycles. The van der Waals surface area contributed by atoms with Crippen molar-refractivity contribution in [3.63, 3.8) is 0 Å². The smallest absolute Gasteiger partial charge is 0.387 e. The summed E-state index contributed by atoms with van der Waals surface area (Å²) in [6.45, 7) is -1.61. The van der Waals surface area contributed by atoms with Crippen LogP contribution in [0.1, 0.15) is 17.3 Å². The van der Waals surface area contributed by atoms with Crippen LogP contribution < -0.4 is 4.74 Å². The number of nitrogens with zero attached hydrogens (tertiary/aromatic N) is 1. The van der Waals surface area contributed by atoms with Crippen LogP contribution in [0.5, 0.6) is 5.75 Å². The summed E-state index contributed by atoms with van der Waals surface area (Å²) >= 11 is 0. The second-order valence-electron chi connectivity index (χ2n) is 3.04. The van der Waals surface area contributed by atoms with Gasteiger partial charge in [0.15, 0.2) is 0 Å². The van der Waals surface area contributed by atoms with E-state index in [2.05, 4.69) is 9.47 Å². The molecule has 0 radical (unpaired) electrons. The topological polar surface area (TPSA) is 78.7 Å². The summed E-state index contributed by atoms with van der Waals surface area (Å²) in [5.74, 6) is -1.43. The SMILES string of the molecule is CCOC(=O)c1cc([N+](=O)[O-])ccc1OC(F)F. The fourth-order valence-corrected chi connectivity index (χ4v) is 1.20. The third-order valence-corrected chi connectivity index (χ3v) is 1.89. The van der Waals surface area contributed by atoms with Gasteiger partial charge in [0, 0.05) is 12.1 Å². The molecule has 8 heteroatoms. The summed E-state index contributed by atoms with van der Waals surface area (Å²) in [5, 5.41) is 10.5. The molecule has 0 N–H and O–H groups in total. The quantitative estimate of drug-likeness (QED) is 0.462. The summed E-state index contributed by atoms with van der Waals surface area (Å²) < 4.78 is 32.9. The van der Waals surface area contributed by atoms with Crippen LogP contribution >= 0.6 is 0 Å². The zero-order chi connectivity index (χ0) is 13.7. The molecule has 0 aliphatic heterocycles. The Labute approximate surface area is 100 Å². The summed E-state index contributed by atoms with van der Waals surface area (Å²) in [6.07, 6.45) is 0. The van der Waals surface area contributed by atoms with Gasteiger partial charge in [-0.05, 0) is 13.0 Å². The fourth-order valence-electron chi connectivity index (χ4n) is 1.20. The first-order valence-corrected chi connectivity index (χ1v) is 4.86. The number of alkyl halides is 2. The van der Waals surface area contributed by atoms with E-state index >= 15 is 0 Å². The van der Waals surface area contributed by atoms with Gasteiger partial charge >= 0.3 is 12.6 Å². The van der Waals surface area contributed by atoms with E-state index < -0.39 is 34.5 Å². The highest BCUT2D eigenvalue weighted by molar-refractivity contribution is 5.93. The molecule has 0 amide bonds. The van der Waals surface area contributed by atoms with Gasteiger partial charge in [-0.15, -0.1) is 0 Å². The van der Waals surface area contributed by atoms with E-state index in [1.165, 1.54) is 6.92 Å². The second kappa shape index (κ2) is 5.89. The van der Waals surface area contributed by atoms with Crippen molar-refractivity contribution in [2.24, 2.45) is 0 Å². The summed E-state index contributed by atoms with van der Waals surface area (Å²) in [4.78, 5) is 21.2. The van der Waals surface area contributed by atoms with E-state index in [-0.39, 0.29) is 6.61 Å². The average molecular weight is 261 g/mol. The number of halogens is 2. The van der Waals surface area contributed by atoms with Crippen LogP contribution in [0.2, 0.25) is 0 Å². The van der Waals surface area contributed by atoms with Gasteiger partial charge in [0.05, 0.1) is 11.5 Å². The number of nitro groups is 1. The van der Waals surface area contributed by atoms with Crippen molar-refractivity contribution < 1.29 is 28.0 Å². The molecule has 0 spiro atoms. The lowest BCUT2D eigenvalue weighted by Gasteiger charge is -2.09. The molecule has 0 fully saturated rings. The number of carbonyl (C=O) groups is 1. The number of hydrogen-bond donors (Lipinski definition) is 0. The normalized spacial score (nSPS) is 10.2. The summed E-state index contributed by atoms with van der Waals surface area (Å²) in [7, 11) is 0. The molecule has 6 nitrogen and oxygen atoms in total. The van der Waals surface area contributed by atoms with E-state index in [1.54, 1.807) is 0 Å². The van der Waals surface area contributed by atoms with Gasteiger partial charge in [0.2, 0.25) is 0 Å². The van der Waals surface area contributed by atoms with Crippen LogP contribution in [0.25, 0.3) is 0 Å². The van der Waals surface area contributed by atoms with E-state index in [0.717, 1.165) is 18.2 Å². The zero-order valence-electron chi connectivity index (χ0n) is 9.26. The van der Waals surface area contributed by atoms with Gasteiger partial charge in [-0.3, -0.25) is 10.1 Å². The van der Waals surface area contributed by atoms with Crippen LogP contribution in [0.4, 0.5) is 14.5 Å². The lowest BCUT2D eigenvalue weighted by Crippen LogP contribution is -2.11. The van der Waals surface area contributed by atoms with Crippen LogP contribution in [0.3, 0.4) is 0 Å². The number of rotatable bonds is 5. The number of hydrogen-bond acceptors (Lipinski definition) is 5. The Balaban J connectivity index is 3.17. The third kappa shape index (κ3) is 3.37. The molecule has 1 rings (SSSR count). The average Bonchev–Trinajstić information content (AvgIpc) is 2.28. The summed E-state index contributed by atoms with van der Waals surface area (Å²) in [5.41, 5.74) is -0.828. The Hall–Kier alpha value is -2.25. The molecule has 0 aliphatic carbocycles. The Morgan fingerprint density at radius 1 is 1.50 bits per heavy atom. The van der Waals surface area contributed by atoms with E-state index in [1.807, 2.05) is 0 Å². The van der Waals surface area contributed by atoms with Crippen molar-refractivity contribution in [1.29, 1.82) is 0 Å². The Morgan fingerprint density at radius 3 is 2.67 bits per heavy atom. The largest absolute Gasteiger partial charge is 0.462 e. The van der Waals surface area contributed by atoms with Crippen LogP contribution in [-0.4, -0.2) is 24.1 Å². The fraction of sp³-hybridized carbons (Fsp3) is 0.300. The molecule has 0 saturated heterocycles. The minimum Gasteiger partial charge on any atom is -0.462 e. The molecule has 0 atom stereocenters. The van der Waals surface area contributed by atoms with Crippen molar-refractivity contribution in [2.45, 2.75) is 13.5 Å². The van der Waals surface area contributed by atoms with Gasteiger partial charge in [0.1, 0.15) is 11.3 Å². The molecule has 1 aromatic carbocycles. The number of carbonyl (C=O) groups excluding carboxylic acids is 1. The van der Waals surface area contributed by atoms with Gasteiger partial charge in [-0.1, -0.05) is 0 Å². The Bertz CT molecular complexity index is 464. The number of ether oxygens (including phenoxy) is 2. The lowest BCUT2D eigenvalue weighted by atomic mass is 10.2. The molecule has 98 valence electrons. The zero-order valence-corrected chi connectivity index (χ0v) is 9.26. The van der Waals surface area contributed by atoms with Crippen molar-refractivity contribution in [1.82, 2.24) is 0 Å². The lowest BCUT2D eigenvalue weighted by molar-refractivity contribution is -0.384. The Morgan fingerprint density at radius 2 is 2.17 bits per heavy atom. The number of benzene rings is 1. The van der Waals surface area contributed by atoms with Crippen molar-refractivity contribution in [3.05, 3.63) is 33.9 Å². The van der Waals surface area contributed by atoms with Crippen LogP contribution in [-0.2, 0) is 4.74 Å². The van der Waals surface area contributed by atoms with Crippen molar-refractivity contribution in [2.75, 3.05) is 6.61 Å². The maximum atomic E-state index is 12.1. The highest BCUT2D eigenvalue weighted by atomic mass is 19.3. The second-order valence-corrected chi connectivity index (χ2v) is 3.04. The van der Waals surface area contributed by atoms with Gasteiger partial charge < -0.3 is 9.47 Å². The summed E-state index contributed by atoms with van der Waals surface area (Å²) in [6, 6.07) is 2.71. The highest BCUT2D eigenvalue weighted by Gasteiger charge is 2.20. The number of non-ortho nitro benzene ring substituents is 1. The standard InChI is InChI=1S/C10H9F2NO5/c1-2-17-9(14)7-5-6(13(15)16)3-4-8(7)18-10(11)12/h3-5,10H,2H2,1H3. The molecule has 1 aromatic rings. The van der Waals surface area contributed by atoms with Crippen molar-refractivity contribution >= 4 is 11.7 Å². The molecular formula is C10H9F2NO5. The van der Waals surface area contributed by atoms with E-state index in [0.29, 0.717) is 0 Å². The maximum absolute atomic E-state index is 12.1. The number of nitro benzene ring substituents is 1. The number of esters is 1. The highest BCUT2D eigenvalue weighted by Crippen LogP contribution is 2.26. The minimum atomic E-state index is -3.14. The molecule has 0 aliphatic rings. The maximum Gasteiger partial charge on any atom is 0.387 e. The Kier molecular flexibility index (Phi) is 4.52. The van der Waals surface area contributed by atoms with E-state index in [9.17, 15) is 23.7 Å². The first-order valence-electron chi connectivity index (χ1n) is 4.86. The molecule has 0 saturated carbocycles. The van der Waals surface area contributed by atoms with Crippen LogP contribution in [0.15, 0.2) is 18.2 Å². The molecule has 0 unspecified atom stereocenters. The predicted octanol–water partition coefficient (Wildman–Crippen LogP) is 2.37. The van der Waals surface area contributed by atoms with Gasteiger partial charge in [0.25, 0.3) is 5.69 Å².